The molecular weight excluding hydrogens is 385 g/mol. The summed E-state index contributed by atoms with van der Waals surface area (Å²) in [6, 6.07) is 12.8. The summed E-state index contributed by atoms with van der Waals surface area (Å²) in [5, 5.41) is 4.76. The van der Waals surface area contributed by atoms with Gasteiger partial charge in [-0.1, -0.05) is 24.3 Å². The van der Waals surface area contributed by atoms with Crippen LogP contribution in [0.4, 0.5) is 10.1 Å². The highest BCUT2D eigenvalue weighted by Gasteiger charge is 2.35. The van der Waals surface area contributed by atoms with Gasteiger partial charge in [0.2, 0.25) is 10.0 Å². The molecule has 0 aromatic heterocycles. The van der Waals surface area contributed by atoms with E-state index in [0.29, 0.717) is 19.4 Å². The van der Waals surface area contributed by atoms with Gasteiger partial charge in [-0.15, -0.1) is 0 Å². The van der Waals surface area contributed by atoms with Crippen LogP contribution >= 0.6 is 0 Å². The Balaban J connectivity index is 1.60. The fraction of sp³-hybridized carbons (Fsp3) is 0.263. The number of nitrogens with one attached hydrogen (secondary N) is 2. The Morgan fingerprint density at radius 3 is 2.54 bits per heavy atom. The Hall–Kier alpha value is -2.78. The number of sulfonamides is 1. The number of halogens is 1. The zero-order valence-electron chi connectivity index (χ0n) is 15.0. The number of amides is 2. The van der Waals surface area contributed by atoms with Gasteiger partial charge < -0.3 is 10.6 Å². The van der Waals surface area contributed by atoms with Crippen LogP contribution in [0.15, 0.2) is 59.5 Å². The van der Waals surface area contributed by atoms with Crippen LogP contribution in [0.1, 0.15) is 12.8 Å². The van der Waals surface area contributed by atoms with Crippen LogP contribution in [0, 0.1) is 5.82 Å². The first-order chi connectivity index (χ1) is 13.4. The van der Waals surface area contributed by atoms with E-state index in [1.807, 2.05) is 0 Å². The molecule has 1 aliphatic rings. The molecule has 148 valence electrons. The van der Waals surface area contributed by atoms with Crippen molar-refractivity contribution in [3.05, 3.63) is 60.4 Å². The molecule has 2 amide bonds. The lowest BCUT2D eigenvalue weighted by molar-refractivity contribution is -0.136. The van der Waals surface area contributed by atoms with Crippen LogP contribution in [-0.4, -0.2) is 43.7 Å². The highest BCUT2D eigenvalue weighted by molar-refractivity contribution is 7.89. The summed E-state index contributed by atoms with van der Waals surface area (Å²) in [6.45, 7) is 0.370. The third-order valence-corrected chi connectivity index (χ3v) is 6.43. The van der Waals surface area contributed by atoms with E-state index < -0.39 is 33.7 Å². The summed E-state index contributed by atoms with van der Waals surface area (Å²) >= 11 is 0. The molecule has 1 saturated heterocycles. The van der Waals surface area contributed by atoms with E-state index in [9.17, 15) is 22.4 Å². The maximum Gasteiger partial charge on any atom is 0.313 e. The van der Waals surface area contributed by atoms with Crippen molar-refractivity contribution in [2.24, 2.45) is 0 Å². The van der Waals surface area contributed by atoms with E-state index in [-0.39, 0.29) is 17.1 Å². The zero-order chi connectivity index (χ0) is 20.1. The summed E-state index contributed by atoms with van der Waals surface area (Å²) in [5.41, 5.74) is 0.161. The summed E-state index contributed by atoms with van der Waals surface area (Å²) in [6.07, 6.45) is 1.25. The Morgan fingerprint density at radius 2 is 1.82 bits per heavy atom. The molecule has 0 aliphatic carbocycles. The molecule has 28 heavy (non-hydrogen) atoms. The normalized spacial score (nSPS) is 17.2. The molecule has 2 aromatic rings. The highest BCUT2D eigenvalue weighted by atomic mass is 32.2. The molecule has 1 heterocycles. The van der Waals surface area contributed by atoms with Gasteiger partial charge >= 0.3 is 11.8 Å². The van der Waals surface area contributed by atoms with Gasteiger partial charge in [0.25, 0.3) is 0 Å². The fourth-order valence-electron chi connectivity index (χ4n) is 3.10. The molecule has 0 unspecified atom stereocenters. The van der Waals surface area contributed by atoms with Crippen molar-refractivity contribution < 1.29 is 22.4 Å². The molecule has 0 bridgehead atoms. The molecule has 1 atom stereocenters. The van der Waals surface area contributed by atoms with Crippen molar-refractivity contribution in [3.63, 3.8) is 0 Å². The van der Waals surface area contributed by atoms with Gasteiger partial charge in [-0.3, -0.25) is 9.59 Å². The van der Waals surface area contributed by atoms with Gasteiger partial charge in [0.15, 0.2) is 0 Å². The first-order valence-electron chi connectivity index (χ1n) is 8.79. The van der Waals surface area contributed by atoms with Crippen LogP contribution in [0.25, 0.3) is 0 Å². The monoisotopic (exact) mass is 405 g/mol. The smallest absolute Gasteiger partial charge is 0.313 e. The number of hydrogen-bond acceptors (Lipinski definition) is 4. The number of nitrogens with zero attached hydrogens (tertiary/aromatic N) is 1. The number of anilines is 1. The Kier molecular flexibility index (Phi) is 6.05. The standard InChI is InChI=1S/C19H20FN3O4S/c20-14-6-4-7-15(12-14)22-19(25)18(24)21-13-16-8-5-11-23(16)28(26,27)17-9-2-1-3-10-17/h1-4,6-7,9-10,12,16H,5,8,11,13H2,(H,21,24)(H,22,25)/t16-/m0/s1. The molecule has 1 fully saturated rings. The van der Waals surface area contributed by atoms with Crippen molar-refractivity contribution in [2.45, 2.75) is 23.8 Å². The number of rotatable bonds is 5. The van der Waals surface area contributed by atoms with Gasteiger partial charge in [-0.25, -0.2) is 12.8 Å². The first-order valence-corrected chi connectivity index (χ1v) is 10.2. The molecule has 1 aliphatic heterocycles. The predicted octanol–water partition coefficient (Wildman–Crippen LogP) is 1.73. The molecule has 3 rings (SSSR count). The predicted molar refractivity (Wildman–Crippen MR) is 101 cm³/mol. The molecule has 0 saturated carbocycles. The maximum absolute atomic E-state index is 13.2. The van der Waals surface area contributed by atoms with Crippen LogP contribution < -0.4 is 10.6 Å². The minimum Gasteiger partial charge on any atom is -0.346 e. The fourth-order valence-corrected chi connectivity index (χ4v) is 4.82. The van der Waals surface area contributed by atoms with Crippen molar-refractivity contribution in [1.82, 2.24) is 9.62 Å². The van der Waals surface area contributed by atoms with Crippen molar-refractivity contribution >= 4 is 27.5 Å². The number of carbonyl (C=O) groups is 2. The van der Waals surface area contributed by atoms with Crippen molar-refractivity contribution in [1.29, 1.82) is 0 Å². The zero-order valence-corrected chi connectivity index (χ0v) is 15.8. The van der Waals surface area contributed by atoms with Gasteiger partial charge in [0.1, 0.15) is 5.82 Å². The summed E-state index contributed by atoms with van der Waals surface area (Å²) in [5.74, 6) is -2.39. The Labute approximate surface area is 162 Å². The van der Waals surface area contributed by atoms with E-state index in [2.05, 4.69) is 10.6 Å². The minimum atomic E-state index is -3.67. The van der Waals surface area contributed by atoms with Gasteiger partial charge in [0.05, 0.1) is 4.90 Å². The van der Waals surface area contributed by atoms with Crippen LogP contribution in [0.2, 0.25) is 0 Å². The average molecular weight is 405 g/mol. The van der Waals surface area contributed by atoms with Crippen molar-refractivity contribution in [2.75, 3.05) is 18.4 Å². The Morgan fingerprint density at radius 1 is 1.07 bits per heavy atom. The second-order valence-electron chi connectivity index (χ2n) is 6.40. The second-order valence-corrected chi connectivity index (χ2v) is 8.29. The lowest BCUT2D eigenvalue weighted by Crippen LogP contribution is -2.45. The first kappa shape index (κ1) is 20.0. The lowest BCUT2D eigenvalue weighted by atomic mass is 10.2. The molecule has 2 aromatic carbocycles. The van der Waals surface area contributed by atoms with Crippen molar-refractivity contribution in [3.8, 4) is 0 Å². The minimum absolute atomic E-state index is 0.0153. The number of hydrogen-bond donors (Lipinski definition) is 2. The largest absolute Gasteiger partial charge is 0.346 e. The third-order valence-electron chi connectivity index (χ3n) is 4.46. The molecule has 0 spiro atoms. The molecule has 0 radical (unpaired) electrons. The van der Waals surface area contributed by atoms with Crippen LogP contribution in [0.3, 0.4) is 0 Å². The van der Waals surface area contributed by atoms with Crippen LogP contribution in [-0.2, 0) is 19.6 Å². The summed E-state index contributed by atoms with van der Waals surface area (Å²) in [7, 11) is -3.67. The number of benzene rings is 2. The summed E-state index contributed by atoms with van der Waals surface area (Å²) in [4.78, 5) is 24.2. The SMILES string of the molecule is O=C(NC[C@@H]1CCCN1S(=O)(=O)c1ccccc1)C(=O)Nc1cccc(F)c1. The topological polar surface area (TPSA) is 95.6 Å². The van der Waals surface area contributed by atoms with Gasteiger partial charge in [-0.05, 0) is 43.2 Å². The second kappa shape index (κ2) is 8.49. The molecule has 2 N–H and O–H groups in total. The molecule has 9 heteroatoms. The van der Waals surface area contributed by atoms with Crippen LogP contribution in [0.5, 0.6) is 0 Å². The highest BCUT2D eigenvalue weighted by Crippen LogP contribution is 2.25. The lowest BCUT2D eigenvalue weighted by Gasteiger charge is -2.24. The summed E-state index contributed by atoms with van der Waals surface area (Å²) < 4.78 is 40.1. The van der Waals surface area contributed by atoms with Gasteiger partial charge in [0, 0.05) is 24.8 Å². The molecule has 7 nitrogen and oxygen atoms in total. The maximum atomic E-state index is 13.2. The average Bonchev–Trinajstić information content (AvgIpc) is 3.16. The third kappa shape index (κ3) is 4.55. The number of carbonyl (C=O) groups excluding carboxylic acids is 2. The van der Waals surface area contributed by atoms with Gasteiger partial charge in [-0.2, -0.15) is 4.31 Å². The Bertz CT molecular complexity index is 966. The quantitative estimate of drug-likeness (QED) is 0.741. The molecular formula is C19H20FN3O4S. The van der Waals surface area contributed by atoms with E-state index in [1.165, 1.54) is 34.6 Å². The van der Waals surface area contributed by atoms with E-state index in [0.717, 1.165) is 6.07 Å². The van der Waals surface area contributed by atoms with E-state index >= 15 is 0 Å². The van der Waals surface area contributed by atoms with E-state index in [1.54, 1.807) is 18.2 Å². The van der Waals surface area contributed by atoms with E-state index in [4.69, 9.17) is 0 Å².